The Morgan fingerprint density at radius 3 is 1.83 bits per heavy atom. The van der Waals surface area contributed by atoms with E-state index in [-0.39, 0.29) is 47.8 Å². The number of imidazole rings is 2. The van der Waals surface area contributed by atoms with Gasteiger partial charge >= 0.3 is 12.2 Å². The number of carboxylic acid groups (broad SMARTS) is 1. The van der Waals surface area contributed by atoms with Crippen LogP contribution in [-0.2, 0) is 14.3 Å². The summed E-state index contributed by atoms with van der Waals surface area (Å²) in [5.41, 5.74) is 5.63. The number of nitrogens with zero attached hydrogens (tertiary/aromatic N) is 5. The first-order valence-corrected chi connectivity index (χ1v) is 21.0. The van der Waals surface area contributed by atoms with Crippen molar-refractivity contribution in [3.63, 3.8) is 0 Å². The number of fused-ring (bicyclic) bond motifs is 3. The largest absolute Gasteiger partial charge is 0.465 e. The Balaban J connectivity index is 0.942. The average molecular weight is 813 g/mol. The minimum Gasteiger partial charge on any atom is -0.465 e. The Morgan fingerprint density at radius 2 is 1.27 bits per heavy atom. The molecule has 14 heteroatoms. The molecule has 0 radical (unpaired) electrons. The van der Waals surface area contributed by atoms with Crippen LogP contribution in [0.2, 0.25) is 0 Å². The third-order valence-corrected chi connectivity index (χ3v) is 13.2. The second kappa shape index (κ2) is 15.1. The number of likely N-dealkylation sites (tertiary alicyclic amines) is 2. The van der Waals surface area contributed by atoms with E-state index < -0.39 is 24.3 Å². The zero-order chi connectivity index (χ0) is 42.1. The van der Waals surface area contributed by atoms with E-state index in [1.807, 2.05) is 56.0 Å². The van der Waals surface area contributed by atoms with Gasteiger partial charge in [0.05, 0.1) is 30.6 Å². The maximum atomic E-state index is 13.9. The first-order valence-electron chi connectivity index (χ1n) is 21.0. The first-order chi connectivity index (χ1) is 28.8. The van der Waals surface area contributed by atoms with Crippen LogP contribution in [0.3, 0.4) is 0 Å². The molecule has 2 saturated heterocycles. The summed E-state index contributed by atoms with van der Waals surface area (Å²) in [5.74, 6) is 1.74. The number of aromatic amines is 2. The van der Waals surface area contributed by atoms with Crippen LogP contribution in [0.4, 0.5) is 9.59 Å². The molecule has 0 unspecified atom stereocenters. The van der Waals surface area contributed by atoms with Gasteiger partial charge in [0.25, 0.3) is 0 Å². The second-order valence-corrected chi connectivity index (χ2v) is 17.7. The lowest BCUT2D eigenvalue weighted by molar-refractivity contribution is -0.140. The summed E-state index contributed by atoms with van der Waals surface area (Å²) in [6.45, 7) is 7.61. The number of carbonyl (C=O) groups excluding carboxylic acids is 3. The Kier molecular flexibility index (Phi) is 9.91. The van der Waals surface area contributed by atoms with Crippen LogP contribution in [0, 0.1) is 23.7 Å². The number of hydrogen-bond donors (Lipinski definition) is 4. The lowest BCUT2D eigenvalue weighted by Gasteiger charge is -2.35. The van der Waals surface area contributed by atoms with Gasteiger partial charge < -0.3 is 34.9 Å². The van der Waals surface area contributed by atoms with Gasteiger partial charge in [-0.1, -0.05) is 88.4 Å². The van der Waals surface area contributed by atoms with Crippen molar-refractivity contribution < 1.29 is 29.0 Å². The minimum absolute atomic E-state index is 0.108. The van der Waals surface area contributed by atoms with Crippen molar-refractivity contribution in [2.45, 2.75) is 89.6 Å². The van der Waals surface area contributed by atoms with Crippen molar-refractivity contribution in [1.29, 1.82) is 0 Å². The molecule has 4 amide bonds. The van der Waals surface area contributed by atoms with Crippen LogP contribution in [0.5, 0.6) is 0 Å². The minimum atomic E-state index is -1.11. The summed E-state index contributed by atoms with van der Waals surface area (Å²) in [6.07, 6.45) is 5.61. The molecule has 4 heterocycles. The van der Waals surface area contributed by atoms with Crippen LogP contribution in [0.1, 0.15) is 77.1 Å². The summed E-state index contributed by atoms with van der Waals surface area (Å²) < 4.78 is 4.82. The highest BCUT2D eigenvalue weighted by Crippen LogP contribution is 2.55. The van der Waals surface area contributed by atoms with Crippen molar-refractivity contribution in [2.75, 3.05) is 14.2 Å². The maximum Gasteiger partial charge on any atom is 0.407 e. The van der Waals surface area contributed by atoms with Gasteiger partial charge in [-0.05, 0) is 71.3 Å². The molecule has 2 aromatic heterocycles. The molecule has 0 bridgehead atoms. The number of carbonyl (C=O) groups is 4. The van der Waals surface area contributed by atoms with Crippen LogP contribution >= 0.6 is 0 Å². The van der Waals surface area contributed by atoms with Crippen LogP contribution in [0.15, 0.2) is 73.1 Å². The number of piperidine rings is 2. The van der Waals surface area contributed by atoms with Gasteiger partial charge in [0.1, 0.15) is 23.7 Å². The zero-order valence-corrected chi connectivity index (χ0v) is 34.8. The molecule has 4 aliphatic rings. The molecule has 2 saturated carbocycles. The number of hydrogen-bond acceptors (Lipinski definition) is 7. The number of rotatable bonds is 11. The van der Waals surface area contributed by atoms with E-state index in [2.05, 4.69) is 69.9 Å². The molecule has 9 rings (SSSR count). The Bertz CT molecular complexity index is 2480. The van der Waals surface area contributed by atoms with Gasteiger partial charge in [-0.25, -0.2) is 19.6 Å². The highest BCUT2D eigenvalue weighted by Gasteiger charge is 2.57. The Hall–Kier alpha value is -6.18. The molecule has 8 atom stereocenters. The number of H-pyrrole nitrogens is 2. The lowest BCUT2D eigenvalue weighted by Crippen LogP contribution is -2.52. The number of methoxy groups -OCH3 is 1. The fourth-order valence-electron chi connectivity index (χ4n) is 9.97. The molecule has 4 fully saturated rings. The predicted molar refractivity (Wildman–Crippen MR) is 225 cm³/mol. The molecule has 14 nitrogen and oxygen atoms in total. The van der Waals surface area contributed by atoms with Crippen molar-refractivity contribution >= 4 is 34.8 Å². The van der Waals surface area contributed by atoms with E-state index in [4.69, 9.17) is 14.7 Å². The number of likely N-dealkylation sites (N-methyl/N-ethyl adjacent to an activating group) is 1. The van der Waals surface area contributed by atoms with Crippen LogP contribution in [-0.4, -0.2) is 102 Å². The number of amides is 4. The third-order valence-electron chi connectivity index (χ3n) is 13.2. The van der Waals surface area contributed by atoms with Gasteiger partial charge in [0.15, 0.2) is 0 Å². The number of ether oxygens (including phenoxy) is 1. The molecular formula is C46H52N8O6. The molecule has 3 aromatic carbocycles. The maximum absolute atomic E-state index is 13.9. The number of aromatic nitrogens is 4. The summed E-state index contributed by atoms with van der Waals surface area (Å²) in [6, 6.07) is 19.2. The predicted octanol–water partition coefficient (Wildman–Crippen LogP) is 7.63. The van der Waals surface area contributed by atoms with Gasteiger partial charge in [0, 0.05) is 42.7 Å². The molecule has 60 heavy (non-hydrogen) atoms. The number of alkyl carbamates (subject to hydrolysis) is 1. The number of benzene rings is 3. The highest BCUT2D eigenvalue weighted by molar-refractivity contribution is 6.04. The van der Waals surface area contributed by atoms with Gasteiger partial charge in [0.2, 0.25) is 11.8 Å². The second-order valence-electron chi connectivity index (χ2n) is 17.7. The molecule has 312 valence electrons. The summed E-state index contributed by atoms with van der Waals surface area (Å²) in [5, 5.41) is 14.6. The van der Waals surface area contributed by atoms with E-state index in [1.165, 1.54) is 14.2 Å². The van der Waals surface area contributed by atoms with Crippen LogP contribution in [0.25, 0.3) is 44.4 Å². The SMILES string of the molecule is COC(=O)N[C@H](C(=O)N1[C@@H]2C[C@H]2C[C@H]1c1nc(-c2cccc3c(-c4ccc(-c5c[nH]c([C@@H]6C[C@H]7C[C@H]7N6C(=O)[C@H](C(C)C)N(C)C(=O)O)n5)cc4)cccc23)c[nH]1)C(C)C. The fourth-order valence-corrected chi connectivity index (χ4v) is 9.97. The van der Waals surface area contributed by atoms with E-state index >= 15 is 0 Å². The van der Waals surface area contributed by atoms with E-state index in [1.54, 1.807) is 0 Å². The average Bonchev–Trinajstić information content (AvgIpc) is 3.82. The van der Waals surface area contributed by atoms with E-state index in [0.29, 0.717) is 11.8 Å². The fraction of sp³-hybridized carbons (Fsp3) is 0.435. The molecule has 2 aliphatic heterocycles. The molecular weight excluding hydrogens is 761 g/mol. The first kappa shape index (κ1) is 39.3. The lowest BCUT2D eigenvalue weighted by atomic mass is 9.94. The van der Waals surface area contributed by atoms with Crippen molar-refractivity contribution in [3.05, 3.63) is 84.7 Å². The topological polar surface area (TPSA) is 177 Å². The van der Waals surface area contributed by atoms with Crippen LogP contribution < -0.4 is 5.32 Å². The highest BCUT2D eigenvalue weighted by atomic mass is 16.5. The standard InChI is InChI=1S/C46H52N8O6/c1-23(2)39(51-45(57)60-6)43(55)53-35-17-27(35)19-37(53)42-48-22-34(50-42)32-12-8-10-30-29(9-7-11-31(30)32)25-13-15-26(16-14-25)33-21-47-41(49-33)38-20-28-18-36(28)54(38)44(56)40(24(3)4)52(5)46(58)59/h7-16,21-24,27-28,35-40H,17-20H2,1-6H3,(H,47,49)(H,48,50)(H,51,57)(H,58,59)/t27-,28+,35+,36+,37-,38-,39-,40-/m0/s1. The molecule has 4 N–H and O–H groups in total. The van der Waals surface area contributed by atoms with Crippen molar-refractivity contribution in [1.82, 2.24) is 40.0 Å². The zero-order valence-electron chi connectivity index (χ0n) is 34.8. The third kappa shape index (κ3) is 6.85. The van der Waals surface area contributed by atoms with Gasteiger partial charge in [-0.2, -0.15) is 0 Å². The quantitative estimate of drug-likeness (QED) is 0.105. The molecule has 0 spiro atoms. The van der Waals surface area contributed by atoms with E-state index in [9.17, 15) is 24.3 Å². The summed E-state index contributed by atoms with van der Waals surface area (Å²) in [7, 11) is 2.77. The van der Waals surface area contributed by atoms with E-state index in [0.717, 1.165) is 86.6 Å². The normalized spacial score (nSPS) is 23.7. The Morgan fingerprint density at radius 1 is 0.733 bits per heavy atom. The molecule has 5 aromatic rings. The number of nitrogens with one attached hydrogen (secondary N) is 3. The van der Waals surface area contributed by atoms with Crippen molar-refractivity contribution in [3.8, 4) is 33.6 Å². The van der Waals surface area contributed by atoms with Gasteiger partial charge in [-0.15, -0.1) is 0 Å². The van der Waals surface area contributed by atoms with Gasteiger partial charge in [-0.3, -0.25) is 14.5 Å². The van der Waals surface area contributed by atoms with Crippen molar-refractivity contribution in [2.24, 2.45) is 23.7 Å². The smallest absolute Gasteiger partial charge is 0.407 e. The summed E-state index contributed by atoms with van der Waals surface area (Å²) >= 11 is 0. The summed E-state index contributed by atoms with van der Waals surface area (Å²) in [4.78, 5) is 73.6. The molecule has 2 aliphatic carbocycles. The monoisotopic (exact) mass is 812 g/mol. The Labute approximate surface area is 348 Å².